The molecule has 2 aliphatic heterocycles. The molecule has 0 atom stereocenters. The Morgan fingerprint density at radius 3 is 2.71 bits per heavy atom. The molecule has 1 fully saturated rings. The Bertz CT molecular complexity index is 851. The summed E-state index contributed by atoms with van der Waals surface area (Å²) in [5.41, 5.74) is 1.61. The molecule has 0 aliphatic carbocycles. The zero-order chi connectivity index (χ0) is 19.3. The van der Waals surface area contributed by atoms with Crippen LogP contribution >= 0.6 is 0 Å². The lowest BCUT2D eigenvalue weighted by Crippen LogP contribution is -2.41. The van der Waals surface area contributed by atoms with Crippen LogP contribution in [0.3, 0.4) is 0 Å². The number of pyridine rings is 1. The molecule has 0 radical (unpaired) electrons. The third kappa shape index (κ3) is 4.16. The van der Waals surface area contributed by atoms with E-state index in [-0.39, 0.29) is 6.79 Å². The molecule has 0 spiro atoms. The number of carbonyl (C=O) groups excluding carboxylic acids is 2. The third-order valence-corrected chi connectivity index (χ3v) is 5.01. The van der Waals surface area contributed by atoms with Crippen molar-refractivity contribution >= 4 is 23.2 Å². The summed E-state index contributed by atoms with van der Waals surface area (Å²) in [4.78, 5) is 30.7. The second kappa shape index (κ2) is 8.16. The molecule has 3 heterocycles. The number of anilines is 2. The van der Waals surface area contributed by atoms with Gasteiger partial charge in [0.15, 0.2) is 11.5 Å². The Morgan fingerprint density at radius 1 is 1.11 bits per heavy atom. The number of hydrogen-bond acceptors (Lipinski definition) is 6. The maximum Gasteiger partial charge on any atom is 0.313 e. The number of nitrogens with one attached hydrogen (secondary N) is 2. The first kappa shape index (κ1) is 18.1. The highest BCUT2D eigenvalue weighted by molar-refractivity contribution is 6.39. The van der Waals surface area contributed by atoms with Gasteiger partial charge in [-0.15, -0.1) is 0 Å². The monoisotopic (exact) mass is 382 g/mol. The molecule has 2 aromatic rings. The van der Waals surface area contributed by atoms with E-state index in [9.17, 15) is 9.59 Å². The number of amides is 2. The van der Waals surface area contributed by atoms with E-state index in [0.717, 1.165) is 31.6 Å². The van der Waals surface area contributed by atoms with Crippen molar-refractivity contribution in [3.63, 3.8) is 0 Å². The zero-order valence-electron chi connectivity index (χ0n) is 15.4. The molecule has 1 aromatic carbocycles. The normalized spacial score (nSPS) is 15.9. The summed E-state index contributed by atoms with van der Waals surface area (Å²) >= 11 is 0. The average molecular weight is 382 g/mol. The van der Waals surface area contributed by atoms with Gasteiger partial charge in [-0.05, 0) is 43.0 Å². The van der Waals surface area contributed by atoms with Gasteiger partial charge < -0.3 is 25.0 Å². The lowest BCUT2D eigenvalue weighted by Gasteiger charge is -2.33. The number of aromatic nitrogens is 1. The van der Waals surface area contributed by atoms with Gasteiger partial charge in [-0.25, -0.2) is 0 Å². The fourth-order valence-corrected chi connectivity index (χ4v) is 3.42. The molecule has 4 rings (SSSR count). The quantitative estimate of drug-likeness (QED) is 0.783. The van der Waals surface area contributed by atoms with Gasteiger partial charge >= 0.3 is 11.8 Å². The molecular weight excluding hydrogens is 360 g/mol. The smallest absolute Gasteiger partial charge is 0.313 e. The van der Waals surface area contributed by atoms with E-state index in [4.69, 9.17) is 9.47 Å². The molecule has 2 N–H and O–H groups in total. The van der Waals surface area contributed by atoms with Crippen LogP contribution in [0.2, 0.25) is 0 Å². The molecule has 8 heteroatoms. The van der Waals surface area contributed by atoms with Crippen molar-refractivity contribution < 1.29 is 19.1 Å². The number of ether oxygens (including phenoxy) is 2. The molecular formula is C20H22N4O4. The summed E-state index contributed by atoms with van der Waals surface area (Å²) in [6.45, 7) is 2.48. The van der Waals surface area contributed by atoms with Crippen LogP contribution in [0.25, 0.3) is 0 Å². The highest BCUT2D eigenvalue weighted by Gasteiger charge is 2.22. The molecule has 2 amide bonds. The van der Waals surface area contributed by atoms with E-state index in [2.05, 4.69) is 26.6 Å². The van der Waals surface area contributed by atoms with Gasteiger partial charge in [0.05, 0.1) is 11.9 Å². The van der Waals surface area contributed by atoms with Gasteiger partial charge in [-0.3, -0.25) is 14.6 Å². The number of nitrogens with zero attached hydrogens (tertiary/aromatic N) is 2. The van der Waals surface area contributed by atoms with Crippen molar-refractivity contribution in [1.29, 1.82) is 0 Å². The highest BCUT2D eigenvalue weighted by atomic mass is 16.7. The Kier molecular flexibility index (Phi) is 5.27. The molecule has 1 saturated heterocycles. The zero-order valence-corrected chi connectivity index (χ0v) is 15.4. The Labute approximate surface area is 162 Å². The first-order valence-electron chi connectivity index (χ1n) is 9.33. The first-order chi connectivity index (χ1) is 13.7. The van der Waals surface area contributed by atoms with E-state index in [1.165, 1.54) is 0 Å². The van der Waals surface area contributed by atoms with Gasteiger partial charge in [-0.2, -0.15) is 0 Å². The standard InChI is InChI=1S/C20H22N4O4/c25-19(20(26)23-15-3-4-17-18(10-15)28-13-27-17)22-11-14-5-8-24(9-6-14)16-2-1-7-21-12-16/h1-4,7,10,12,14H,5-6,8-9,11,13H2,(H,22,25)(H,23,26). The van der Waals surface area contributed by atoms with E-state index < -0.39 is 11.8 Å². The minimum absolute atomic E-state index is 0.160. The topological polar surface area (TPSA) is 92.8 Å². The summed E-state index contributed by atoms with van der Waals surface area (Å²) in [5, 5.41) is 5.33. The molecule has 0 unspecified atom stereocenters. The Balaban J connectivity index is 1.22. The number of carbonyl (C=O) groups is 2. The van der Waals surface area contributed by atoms with Crippen LogP contribution in [-0.4, -0.2) is 43.2 Å². The highest BCUT2D eigenvalue weighted by Crippen LogP contribution is 2.34. The van der Waals surface area contributed by atoms with Crippen LogP contribution in [0, 0.1) is 5.92 Å². The number of piperidine rings is 1. The second-order valence-corrected chi connectivity index (χ2v) is 6.87. The van der Waals surface area contributed by atoms with Crippen molar-refractivity contribution in [2.24, 2.45) is 5.92 Å². The molecule has 28 heavy (non-hydrogen) atoms. The van der Waals surface area contributed by atoms with Crippen LogP contribution in [0.5, 0.6) is 11.5 Å². The minimum atomic E-state index is -0.688. The van der Waals surface area contributed by atoms with E-state index in [1.54, 1.807) is 24.4 Å². The number of rotatable bonds is 4. The van der Waals surface area contributed by atoms with Crippen molar-refractivity contribution in [2.45, 2.75) is 12.8 Å². The van der Waals surface area contributed by atoms with E-state index in [1.807, 2.05) is 12.3 Å². The molecule has 0 bridgehead atoms. The van der Waals surface area contributed by atoms with Crippen LogP contribution in [0.15, 0.2) is 42.7 Å². The number of hydrogen-bond donors (Lipinski definition) is 2. The Hall–Kier alpha value is -3.29. The van der Waals surface area contributed by atoms with Crippen molar-refractivity contribution in [2.75, 3.05) is 36.6 Å². The number of benzene rings is 1. The summed E-state index contributed by atoms with van der Waals surface area (Å²) in [6, 6.07) is 9.00. The fraction of sp³-hybridized carbons (Fsp3) is 0.350. The summed E-state index contributed by atoms with van der Waals surface area (Å²) in [7, 11) is 0. The average Bonchev–Trinajstić information content (AvgIpc) is 3.21. The molecule has 0 saturated carbocycles. The first-order valence-corrected chi connectivity index (χ1v) is 9.33. The number of fused-ring (bicyclic) bond motifs is 1. The summed E-state index contributed by atoms with van der Waals surface area (Å²) in [5.74, 6) is 0.216. The Morgan fingerprint density at radius 2 is 1.93 bits per heavy atom. The van der Waals surface area contributed by atoms with E-state index >= 15 is 0 Å². The van der Waals surface area contributed by atoms with Gasteiger partial charge in [-0.1, -0.05) is 0 Å². The maximum atomic E-state index is 12.1. The second-order valence-electron chi connectivity index (χ2n) is 6.87. The van der Waals surface area contributed by atoms with Crippen LogP contribution < -0.4 is 25.0 Å². The largest absolute Gasteiger partial charge is 0.454 e. The molecule has 8 nitrogen and oxygen atoms in total. The summed E-state index contributed by atoms with van der Waals surface area (Å²) in [6.07, 6.45) is 5.54. The minimum Gasteiger partial charge on any atom is -0.454 e. The molecule has 146 valence electrons. The van der Waals surface area contributed by atoms with Crippen LogP contribution in [-0.2, 0) is 9.59 Å². The summed E-state index contributed by atoms with van der Waals surface area (Å²) < 4.78 is 10.5. The lowest BCUT2D eigenvalue weighted by molar-refractivity contribution is -0.136. The lowest BCUT2D eigenvalue weighted by atomic mass is 9.96. The predicted octanol–water partition coefficient (Wildman–Crippen LogP) is 1.78. The van der Waals surface area contributed by atoms with E-state index in [0.29, 0.717) is 29.6 Å². The van der Waals surface area contributed by atoms with Gasteiger partial charge in [0.25, 0.3) is 0 Å². The van der Waals surface area contributed by atoms with Crippen molar-refractivity contribution in [3.05, 3.63) is 42.7 Å². The maximum absolute atomic E-state index is 12.1. The predicted molar refractivity (Wildman–Crippen MR) is 103 cm³/mol. The van der Waals surface area contributed by atoms with Crippen LogP contribution in [0.1, 0.15) is 12.8 Å². The van der Waals surface area contributed by atoms with Crippen LogP contribution in [0.4, 0.5) is 11.4 Å². The van der Waals surface area contributed by atoms with Gasteiger partial charge in [0, 0.05) is 37.6 Å². The molecule has 1 aromatic heterocycles. The van der Waals surface area contributed by atoms with Gasteiger partial charge in [0.2, 0.25) is 6.79 Å². The third-order valence-electron chi connectivity index (χ3n) is 5.01. The van der Waals surface area contributed by atoms with Crippen molar-refractivity contribution in [1.82, 2.24) is 10.3 Å². The SMILES string of the molecule is O=C(NCC1CCN(c2cccnc2)CC1)C(=O)Nc1ccc2c(c1)OCO2. The van der Waals surface area contributed by atoms with Crippen molar-refractivity contribution in [3.8, 4) is 11.5 Å². The fourth-order valence-electron chi connectivity index (χ4n) is 3.42. The van der Waals surface area contributed by atoms with Gasteiger partial charge in [0.1, 0.15) is 0 Å². The molecule has 2 aliphatic rings.